The quantitative estimate of drug-likeness (QED) is 0.816. The topological polar surface area (TPSA) is 23.5 Å². The third-order valence-corrected chi connectivity index (χ3v) is 5.95. The maximum atomic E-state index is 9.54. The van der Waals surface area contributed by atoms with Gasteiger partial charge in [0.2, 0.25) is 0 Å². The van der Waals surface area contributed by atoms with E-state index in [0.29, 0.717) is 5.75 Å². The van der Waals surface area contributed by atoms with Gasteiger partial charge in [-0.15, -0.1) is 11.8 Å². The summed E-state index contributed by atoms with van der Waals surface area (Å²) in [4.78, 5) is 3.06. The molecule has 0 aromatic heterocycles. The Morgan fingerprint density at radius 1 is 1.10 bits per heavy atom. The van der Waals surface area contributed by atoms with Crippen LogP contribution in [0.1, 0.15) is 16.7 Å². The van der Waals surface area contributed by atoms with Gasteiger partial charge in [0.25, 0.3) is 0 Å². The van der Waals surface area contributed by atoms with Crippen molar-refractivity contribution >= 4 is 29.0 Å². The smallest absolute Gasteiger partial charge is 0.139 e. The van der Waals surface area contributed by atoms with Crippen LogP contribution in [-0.4, -0.2) is 27.3 Å². The summed E-state index contributed by atoms with van der Waals surface area (Å²) in [6.45, 7) is 0.971. The van der Waals surface area contributed by atoms with Crippen LogP contribution in [0, 0.1) is 0 Å². The van der Waals surface area contributed by atoms with Crippen LogP contribution in [-0.2, 0) is 4.87 Å². The van der Waals surface area contributed by atoms with Crippen molar-refractivity contribution in [2.45, 2.75) is 4.87 Å². The molecule has 4 heteroatoms. The Labute approximate surface area is 127 Å². The first-order valence-electron chi connectivity index (χ1n) is 6.58. The number of phenols is 1. The highest BCUT2D eigenvalue weighted by atomic mass is 32.2. The molecule has 0 aliphatic carbocycles. The van der Waals surface area contributed by atoms with Gasteiger partial charge < -0.3 is 10.0 Å². The SMILES string of the molecule is Oc1ccc(C23SCCN2C(=S)c2ccccc23)cc1. The van der Waals surface area contributed by atoms with Gasteiger partial charge >= 0.3 is 0 Å². The molecule has 0 saturated carbocycles. The molecule has 2 heterocycles. The number of phenolic OH excluding ortho intramolecular Hbond substituents is 1. The van der Waals surface area contributed by atoms with Gasteiger partial charge in [0.1, 0.15) is 15.6 Å². The molecule has 2 nitrogen and oxygen atoms in total. The van der Waals surface area contributed by atoms with Crippen molar-refractivity contribution in [3.63, 3.8) is 0 Å². The zero-order chi connectivity index (χ0) is 13.7. The molecule has 2 aromatic rings. The summed E-state index contributed by atoms with van der Waals surface area (Å²) in [7, 11) is 0. The van der Waals surface area contributed by atoms with E-state index in [1.807, 2.05) is 30.0 Å². The standard InChI is InChI=1S/C16H13NOS2/c18-12-7-5-11(6-8-12)16-14-4-2-1-3-13(14)15(19)17(16)9-10-20-16/h1-8,18H,9-10H2. The van der Waals surface area contributed by atoms with Crippen molar-refractivity contribution < 1.29 is 5.11 Å². The lowest BCUT2D eigenvalue weighted by atomic mass is 9.97. The number of fused-ring (bicyclic) bond motifs is 3. The second-order valence-corrected chi connectivity index (χ2v) is 6.72. The zero-order valence-corrected chi connectivity index (χ0v) is 12.4. The minimum absolute atomic E-state index is 0.207. The van der Waals surface area contributed by atoms with E-state index in [2.05, 4.69) is 23.1 Å². The first-order chi connectivity index (χ1) is 9.73. The molecular formula is C16H13NOS2. The van der Waals surface area contributed by atoms with Crippen molar-refractivity contribution in [1.82, 2.24) is 4.90 Å². The monoisotopic (exact) mass is 299 g/mol. The lowest BCUT2D eigenvalue weighted by Crippen LogP contribution is -2.37. The number of hydrogen-bond acceptors (Lipinski definition) is 3. The summed E-state index contributed by atoms with van der Waals surface area (Å²) >= 11 is 7.59. The molecule has 20 heavy (non-hydrogen) atoms. The Bertz CT molecular complexity index is 698. The van der Waals surface area contributed by atoms with Crippen molar-refractivity contribution in [2.75, 3.05) is 12.3 Å². The van der Waals surface area contributed by atoms with Gasteiger partial charge in [0, 0.05) is 23.4 Å². The zero-order valence-electron chi connectivity index (χ0n) is 10.7. The second kappa shape index (κ2) is 4.24. The van der Waals surface area contributed by atoms with Crippen molar-refractivity contribution in [3.05, 3.63) is 65.2 Å². The number of rotatable bonds is 1. The normalized spacial score (nSPS) is 23.8. The number of hydrogen-bond donors (Lipinski definition) is 1. The van der Waals surface area contributed by atoms with E-state index < -0.39 is 0 Å². The second-order valence-electron chi connectivity index (χ2n) is 5.04. The summed E-state index contributed by atoms with van der Waals surface area (Å²) in [6.07, 6.45) is 0. The third-order valence-electron chi connectivity index (χ3n) is 4.03. The van der Waals surface area contributed by atoms with Gasteiger partial charge in [-0.2, -0.15) is 0 Å². The van der Waals surface area contributed by atoms with Gasteiger partial charge in [-0.05, 0) is 17.7 Å². The average molecular weight is 299 g/mol. The van der Waals surface area contributed by atoms with Crippen molar-refractivity contribution in [1.29, 1.82) is 0 Å². The van der Waals surface area contributed by atoms with Gasteiger partial charge in [-0.25, -0.2) is 0 Å². The van der Waals surface area contributed by atoms with Crippen LogP contribution < -0.4 is 0 Å². The van der Waals surface area contributed by atoms with Gasteiger partial charge in [0.05, 0.1) is 0 Å². The van der Waals surface area contributed by atoms with Crippen LogP contribution >= 0.6 is 24.0 Å². The number of benzene rings is 2. The van der Waals surface area contributed by atoms with Crippen LogP contribution in [0.4, 0.5) is 0 Å². The molecule has 0 bridgehead atoms. The highest BCUT2D eigenvalue weighted by molar-refractivity contribution is 8.00. The molecule has 1 saturated heterocycles. The predicted molar refractivity (Wildman–Crippen MR) is 86.2 cm³/mol. The molecule has 1 N–H and O–H groups in total. The van der Waals surface area contributed by atoms with E-state index >= 15 is 0 Å². The summed E-state index contributed by atoms with van der Waals surface area (Å²) in [5.74, 6) is 1.36. The van der Waals surface area contributed by atoms with E-state index in [1.165, 1.54) is 16.7 Å². The molecule has 2 aromatic carbocycles. The van der Waals surface area contributed by atoms with Crippen molar-refractivity contribution in [3.8, 4) is 5.75 Å². The van der Waals surface area contributed by atoms with E-state index in [-0.39, 0.29) is 4.87 Å². The van der Waals surface area contributed by atoms with E-state index in [9.17, 15) is 5.11 Å². The number of thiocarbonyl (C=S) groups is 1. The summed E-state index contributed by atoms with van der Waals surface area (Å²) in [5.41, 5.74) is 3.63. The first-order valence-corrected chi connectivity index (χ1v) is 7.98. The summed E-state index contributed by atoms with van der Waals surface area (Å²) in [6, 6.07) is 15.9. The molecule has 1 unspecified atom stereocenters. The molecule has 1 fully saturated rings. The Morgan fingerprint density at radius 3 is 2.65 bits per heavy atom. The minimum atomic E-state index is -0.207. The van der Waals surface area contributed by atoms with Gasteiger partial charge in [-0.1, -0.05) is 48.6 Å². The van der Waals surface area contributed by atoms with Crippen molar-refractivity contribution in [2.24, 2.45) is 0 Å². The highest BCUT2D eigenvalue weighted by Gasteiger charge is 2.52. The fourth-order valence-corrected chi connectivity index (χ4v) is 5.19. The minimum Gasteiger partial charge on any atom is -0.508 e. The maximum absolute atomic E-state index is 9.54. The van der Waals surface area contributed by atoms with Gasteiger partial charge in [-0.3, -0.25) is 0 Å². The van der Waals surface area contributed by atoms with Crippen LogP contribution in [0.5, 0.6) is 5.75 Å². The number of aromatic hydroxyl groups is 1. The first kappa shape index (κ1) is 12.2. The molecule has 4 rings (SSSR count). The molecule has 2 aliphatic heterocycles. The lowest BCUT2D eigenvalue weighted by molar-refractivity contribution is 0.386. The summed E-state index contributed by atoms with van der Waals surface area (Å²) < 4.78 is 0. The lowest BCUT2D eigenvalue weighted by Gasteiger charge is -2.33. The molecule has 1 atom stereocenters. The number of thioether (sulfide) groups is 1. The Hall–Kier alpha value is -1.52. The fourth-order valence-electron chi connectivity index (χ4n) is 3.18. The molecule has 0 amide bonds. The molecule has 0 radical (unpaired) electrons. The highest BCUT2D eigenvalue weighted by Crippen LogP contribution is 2.55. The Morgan fingerprint density at radius 2 is 1.85 bits per heavy atom. The van der Waals surface area contributed by atoms with Gasteiger partial charge in [0.15, 0.2) is 0 Å². The average Bonchev–Trinajstić information content (AvgIpc) is 3.01. The maximum Gasteiger partial charge on any atom is 0.139 e. The largest absolute Gasteiger partial charge is 0.508 e. The molecular weight excluding hydrogens is 286 g/mol. The van der Waals surface area contributed by atoms with Crippen LogP contribution in [0.2, 0.25) is 0 Å². The Kier molecular flexibility index (Phi) is 2.59. The van der Waals surface area contributed by atoms with E-state index in [1.54, 1.807) is 12.1 Å². The van der Waals surface area contributed by atoms with E-state index in [0.717, 1.165) is 17.3 Å². The Balaban J connectivity index is 1.99. The van der Waals surface area contributed by atoms with Crippen LogP contribution in [0.25, 0.3) is 0 Å². The van der Waals surface area contributed by atoms with Crippen LogP contribution in [0.3, 0.4) is 0 Å². The molecule has 0 spiro atoms. The summed E-state index contributed by atoms with van der Waals surface area (Å²) in [5, 5.41) is 9.54. The predicted octanol–water partition coefficient (Wildman–Crippen LogP) is 3.33. The number of nitrogens with zero attached hydrogens (tertiary/aromatic N) is 1. The third kappa shape index (κ3) is 1.43. The fraction of sp³-hybridized carbons (Fsp3) is 0.188. The van der Waals surface area contributed by atoms with Crippen LogP contribution in [0.15, 0.2) is 48.5 Å². The van der Waals surface area contributed by atoms with E-state index in [4.69, 9.17) is 12.2 Å². The molecule has 2 aliphatic rings. The molecule has 100 valence electrons.